The fourth-order valence-corrected chi connectivity index (χ4v) is 2.88. The predicted octanol–water partition coefficient (Wildman–Crippen LogP) is 2.49. The molecule has 98 valence electrons. The van der Waals surface area contributed by atoms with Gasteiger partial charge in [0.1, 0.15) is 5.69 Å². The monoisotopic (exact) mass is 312 g/mol. The second-order valence-corrected chi connectivity index (χ2v) is 6.04. The topological polar surface area (TPSA) is 43.3 Å². The van der Waals surface area contributed by atoms with Crippen LogP contribution in [0.4, 0.5) is 0 Å². The highest BCUT2D eigenvalue weighted by Gasteiger charge is 2.30. The van der Waals surface area contributed by atoms with E-state index in [9.17, 15) is 4.79 Å². The van der Waals surface area contributed by atoms with E-state index < -0.39 is 0 Å². The van der Waals surface area contributed by atoms with Crippen molar-refractivity contribution in [2.24, 2.45) is 0 Å². The van der Waals surface area contributed by atoms with Crippen molar-refractivity contribution in [2.45, 2.75) is 44.4 Å². The third-order valence-electron chi connectivity index (χ3n) is 3.68. The number of nitrogens with one attached hydrogen (secondary N) is 1. The Bertz CT molecular complexity index is 468. The van der Waals surface area contributed by atoms with Crippen molar-refractivity contribution in [3.05, 3.63) is 22.4 Å². The summed E-state index contributed by atoms with van der Waals surface area (Å²) in [5.41, 5.74) is 0.753. The van der Waals surface area contributed by atoms with Crippen molar-refractivity contribution in [1.29, 1.82) is 0 Å². The van der Waals surface area contributed by atoms with Crippen molar-refractivity contribution >= 4 is 21.8 Å². The van der Waals surface area contributed by atoms with Gasteiger partial charge >= 0.3 is 0 Å². The molecule has 1 saturated heterocycles. The first-order chi connectivity index (χ1) is 8.65. The summed E-state index contributed by atoms with van der Waals surface area (Å²) in [5, 5.41) is 3.08. The van der Waals surface area contributed by atoms with Gasteiger partial charge in [-0.05, 0) is 48.2 Å². The molecule has 1 aliphatic heterocycles. The molecule has 4 nitrogen and oxygen atoms in total. The molecule has 3 rings (SSSR count). The number of carbonyl (C=O) groups is 1. The molecule has 0 radical (unpaired) electrons. The Morgan fingerprint density at radius 1 is 1.50 bits per heavy atom. The van der Waals surface area contributed by atoms with Crippen LogP contribution in [0.25, 0.3) is 0 Å². The van der Waals surface area contributed by atoms with E-state index in [0.717, 1.165) is 23.2 Å². The Hall–Kier alpha value is -0.810. The molecular weight excluding hydrogens is 296 g/mol. The van der Waals surface area contributed by atoms with Crippen LogP contribution in [-0.4, -0.2) is 29.2 Å². The average Bonchev–Trinajstić information content (AvgIpc) is 3.00. The van der Waals surface area contributed by atoms with Gasteiger partial charge in [0.25, 0.3) is 5.91 Å². The summed E-state index contributed by atoms with van der Waals surface area (Å²) < 4.78 is 8.52. The highest BCUT2D eigenvalue weighted by molar-refractivity contribution is 9.10. The van der Waals surface area contributed by atoms with Crippen molar-refractivity contribution < 1.29 is 9.53 Å². The molecule has 1 aromatic rings. The smallest absolute Gasteiger partial charge is 0.268 e. The highest BCUT2D eigenvalue weighted by atomic mass is 79.9. The number of hydrogen-bond donors (Lipinski definition) is 1. The quantitative estimate of drug-likeness (QED) is 0.932. The van der Waals surface area contributed by atoms with Crippen LogP contribution in [0.3, 0.4) is 0 Å². The van der Waals surface area contributed by atoms with Crippen LogP contribution in [0.15, 0.2) is 16.7 Å². The number of aromatic nitrogens is 1. The van der Waals surface area contributed by atoms with Gasteiger partial charge in [-0.25, -0.2) is 0 Å². The Kier molecular flexibility index (Phi) is 3.20. The molecule has 1 amide bonds. The summed E-state index contributed by atoms with van der Waals surface area (Å²) in [6.07, 6.45) is 5.36. The molecule has 1 aromatic heterocycles. The minimum Gasteiger partial charge on any atom is -0.376 e. The van der Waals surface area contributed by atoms with Gasteiger partial charge in [0, 0.05) is 23.3 Å². The number of amides is 1. The second-order valence-electron chi connectivity index (χ2n) is 5.13. The van der Waals surface area contributed by atoms with Gasteiger partial charge in [0.2, 0.25) is 0 Å². The maximum atomic E-state index is 12.3. The molecule has 2 fully saturated rings. The number of ether oxygens (including phenoxy) is 1. The van der Waals surface area contributed by atoms with Gasteiger partial charge in [0.05, 0.1) is 12.1 Å². The standard InChI is InChI=1S/C13H17BrN2O2/c1-8-11(4-5-18-8)15-13(17)12-6-9(14)7-16(12)10-2-3-10/h6-8,10-11H,2-5H2,1H3,(H,15,17). The van der Waals surface area contributed by atoms with Gasteiger partial charge < -0.3 is 14.6 Å². The van der Waals surface area contributed by atoms with E-state index in [1.54, 1.807) is 0 Å². The van der Waals surface area contributed by atoms with Gasteiger partial charge in [-0.2, -0.15) is 0 Å². The number of carbonyl (C=O) groups excluding carboxylic acids is 1. The van der Waals surface area contributed by atoms with Crippen LogP contribution in [0.1, 0.15) is 42.7 Å². The average molecular weight is 313 g/mol. The molecule has 1 saturated carbocycles. The Balaban J connectivity index is 1.75. The van der Waals surface area contributed by atoms with Crippen LogP contribution < -0.4 is 5.32 Å². The Morgan fingerprint density at radius 2 is 2.28 bits per heavy atom. The first-order valence-corrected chi connectivity index (χ1v) is 7.24. The second kappa shape index (κ2) is 4.70. The fraction of sp³-hybridized carbons (Fsp3) is 0.615. The van der Waals surface area contributed by atoms with E-state index in [1.165, 1.54) is 12.8 Å². The summed E-state index contributed by atoms with van der Waals surface area (Å²) in [6, 6.07) is 2.54. The molecule has 0 aromatic carbocycles. The van der Waals surface area contributed by atoms with Crippen molar-refractivity contribution in [1.82, 2.24) is 9.88 Å². The molecule has 2 aliphatic rings. The van der Waals surface area contributed by atoms with Gasteiger partial charge in [-0.1, -0.05) is 0 Å². The molecule has 1 N–H and O–H groups in total. The summed E-state index contributed by atoms with van der Waals surface area (Å²) in [6.45, 7) is 2.74. The first kappa shape index (κ1) is 12.2. The van der Waals surface area contributed by atoms with E-state index in [1.807, 2.05) is 19.2 Å². The molecule has 5 heteroatoms. The van der Waals surface area contributed by atoms with Crippen molar-refractivity contribution in [3.8, 4) is 0 Å². The summed E-state index contributed by atoms with van der Waals surface area (Å²) in [5.74, 6) is 0.00921. The summed E-state index contributed by atoms with van der Waals surface area (Å²) in [4.78, 5) is 12.3. The zero-order valence-electron chi connectivity index (χ0n) is 10.4. The van der Waals surface area contributed by atoms with Gasteiger partial charge in [-0.15, -0.1) is 0 Å². The largest absolute Gasteiger partial charge is 0.376 e. The van der Waals surface area contributed by atoms with Crippen LogP contribution >= 0.6 is 15.9 Å². The first-order valence-electron chi connectivity index (χ1n) is 6.45. The third-order valence-corrected chi connectivity index (χ3v) is 4.11. The SMILES string of the molecule is CC1OCCC1NC(=O)c1cc(Br)cn1C1CC1. The van der Waals surface area contributed by atoms with Gasteiger partial charge in [0.15, 0.2) is 0 Å². The number of halogens is 1. The maximum Gasteiger partial charge on any atom is 0.268 e. The lowest BCUT2D eigenvalue weighted by Crippen LogP contribution is -2.39. The fourth-order valence-electron chi connectivity index (χ4n) is 2.45. The Morgan fingerprint density at radius 3 is 2.89 bits per heavy atom. The number of rotatable bonds is 3. The number of hydrogen-bond acceptors (Lipinski definition) is 2. The zero-order valence-corrected chi connectivity index (χ0v) is 11.9. The predicted molar refractivity (Wildman–Crippen MR) is 71.7 cm³/mol. The molecule has 0 bridgehead atoms. The van der Waals surface area contributed by atoms with Crippen LogP contribution in [0.5, 0.6) is 0 Å². The molecule has 2 heterocycles. The maximum absolute atomic E-state index is 12.3. The van der Waals surface area contributed by atoms with Crippen LogP contribution in [0.2, 0.25) is 0 Å². The van der Waals surface area contributed by atoms with Crippen molar-refractivity contribution in [2.75, 3.05) is 6.61 Å². The lowest BCUT2D eigenvalue weighted by molar-refractivity contribution is 0.0858. The molecule has 2 atom stereocenters. The molecule has 18 heavy (non-hydrogen) atoms. The van der Waals surface area contributed by atoms with E-state index in [2.05, 4.69) is 25.8 Å². The summed E-state index contributed by atoms with van der Waals surface area (Å²) >= 11 is 3.45. The van der Waals surface area contributed by atoms with Crippen LogP contribution in [-0.2, 0) is 4.74 Å². The van der Waals surface area contributed by atoms with Gasteiger partial charge in [-0.3, -0.25) is 4.79 Å². The third kappa shape index (κ3) is 2.34. The Labute approximate surface area is 115 Å². The van der Waals surface area contributed by atoms with Crippen molar-refractivity contribution in [3.63, 3.8) is 0 Å². The lowest BCUT2D eigenvalue weighted by atomic mass is 10.1. The number of nitrogens with zero attached hydrogens (tertiary/aromatic N) is 1. The highest BCUT2D eigenvalue weighted by Crippen LogP contribution is 2.37. The molecular formula is C13H17BrN2O2. The minimum atomic E-state index is 0.00921. The van der Waals surface area contributed by atoms with Crippen LogP contribution in [0, 0.1) is 0 Å². The lowest BCUT2D eigenvalue weighted by Gasteiger charge is -2.16. The normalized spacial score (nSPS) is 27.4. The van der Waals surface area contributed by atoms with E-state index in [4.69, 9.17) is 4.74 Å². The van der Waals surface area contributed by atoms with E-state index in [0.29, 0.717) is 6.04 Å². The summed E-state index contributed by atoms with van der Waals surface area (Å²) in [7, 11) is 0. The molecule has 2 unspecified atom stereocenters. The zero-order chi connectivity index (χ0) is 12.7. The minimum absolute atomic E-state index is 0.00921. The molecule has 1 aliphatic carbocycles. The van der Waals surface area contributed by atoms with E-state index in [-0.39, 0.29) is 18.1 Å². The van der Waals surface area contributed by atoms with E-state index >= 15 is 0 Å². The molecule has 0 spiro atoms.